The van der Waals surface area contributed by atoms with Crippen molar-refractivity contribution in [3.63, 3.8) is 0 Å². The highest BCUT2D eigenvalue weighted by Crippen LogP contribution is 2.17. The van der Waals surface area contributed by atoms with Crippen LogP contribution >= 0.6 is 0 Å². The summed E-state index contributed by atoms with van der Waals surface area (Å²) in [5.74, 6) is 0.0283. The van der Waals surface area contributed by atoms with E-state index in [1.54, 1.807) is 0 Å². The normalized spacial score (nSPS) is 15.3. The van der Waals surface area contributed by atoms with Gasteiger partial charge in [-0.1, -0.05) is 18.2 Å². The smallest absolute Gasteiger partial charge is 0.214 e. The van der Waals surface area contributed by atoms with Gasteiger partial charge in [-0.25, -0.2) is 4.79 Å². The van der Waals surface area contributed by atoms with Gasteiger partial charge in [0.15, 0.2) is 6.54 Å². The van der Waals surface area contributed by atoms with E-state index in [9.17, 15) is 4.79 Å². The summed E-state index contributed by atoms with van der Waals surface area (Å²) in [6.45, 7) is 4.26. The predicted octanol–water partition coefficient (Wildman–Crippen LogP) is 1.05. The molecule has 1 aliphatic rings. The molecule has 11 heavy (non-hydrogen) atoms. The van der Waals surface area contributed by atoms with E-state index < -0.39 is 0 Å². The summed E-state index contributed by atoms with van der Waals surface area (Å²) in [6.07, 6.45) is 0. The van der Waals surface area contributed by atoms with Crippen LogP contribution in [0.2, 0.25) is 0 Å². The van der Waals surface area contributed by atoms with Crippen molar-refractivity contribution in [2.24, 2.45) is 0 Å². The lowest BCUT2D eigenvalue weighted by Crippen LogP contribution is -2.08. The van der Waals surface area contributed by atoms with Gasteiger partial charge in [0.25, 0.3) is 0 Å². The van der Waals surface area contributed by atoms with Crippen LogP contribution in [-0.2, 0) is 6.54 Å². The number of hydrogen-bond acceptors (Lipinski definition) is 1. The minimum Gasteiger partial charge on any atom is -0.214 e. The summed E-state index contributed by atoms with van der Waals surface area (Å²) in [4.78, 5) is 11.3. The molecule has 54 valence electrons. The summed E-state index contributed by atoms with van der Waals surface area (Å²) in [5, 5.41) is 0. The minimum absolute atomic E-state index is 0.0283. The number of rotatable bonds is 0. The molecule has 0 aliphatic carbocycles. The Kier molecular flexibility index (Phi) is 1.15. The second-order valence-corrected chi connectivity index (χ2v) is 2.66. The number of carbonyl (C=O) groups excluding carboxylic acids is 1. The third-order valence-electron chi connectivity index (χ3n) is 1.90. The Labute approximate surface area is 64.8 Å². The van der Waals surface area contributed by atoms with Gasteiger partial charge in [-0.3, -0.25) is 0 Å². The molecule has 0 unspecified atom stereocenters. The van der Waals surface area contributed by atoms with E-state index in [1.165, 1.54) is 4.58 Å². The highest BCUT2D eigenvalue weighted by molar-refractivity contribution is 5.92. The Hall–Kier alpha value is -1.44. The number of carbonyl (C=O) groups is 1. The first-order valence-electron chi connectivity index (χ1n) is 3.49. The van der Waals surface area contributed by atoms with E-state index >= 15 is 0 Å². The topological polar surface area (TPSA) is 20.1 Å². The van der Waals surface area contributed by atoms with Crippen LogP contribution in [0.1, 0.15) is 15.9 Å². The molecule has 0 aromatic heterocycles. The zero-order valence-electron chi connectivity index (χ0n) is 6.08. The molecule has 2 rings (SSSR count). The molecule has 0 fully saturated rings. The monoisotopic (exact) mass is 146 g/mol. The van der Waals surface area contributed by atoms with Crippen LogP contribution in [-0.4, -0.2) is 17.2 Å². The van der Waals surface area contributed by atoms with Crippen molar-refractivity contribution in [1.29, 1.82) is 0 Å². The van der Waals surface area contributed by atoms with Crippen LogP contribution in [0.5, 0.6) is 0 Å². The Morgan fingerprint density at radius 1 is 1.36 bits per heavy atom. The molecule has 2 heteroatoms. The second-order valence-electron chi connectivity index (χ2n) is 2.66. The molecule has 0 bridgehead atoms. The van der Waals surface area contributed by atoms with Gasteiger partial charge in [0.1, 0.15) is 6.72 Å². The van der Waals surface area contributed by atoms with Gasteiger partial charge in [0.2, 0.25) is 0 Å². The molecule has 0 spiro atoms. The number of hydrogen-bond donors (Lipinski definition) is 0. The first kappa shape index (κ1) is 6.28. The van der Waals surface area contributed by atoms with Gasteiger partial charge in [0, 0.05) is 5.56 Å². The number of fused-ring (bicyclic) bond motifs is 1. The molecular weight excluding hydrogens is 138 g/mol. The Bertz CT molecular complexity index is 341. The molecular formula is C9H8NO+. The molecule has 1 heterocycles. The minimum atomic E-state index is 0.0283. The standard InChI is InChI=1S/C9H8NO/c1-10-6-7-4-2-3-5-8(7)9(10)11/h2-5H,1,6H2/q+1. The van der Waals surface area contributed by atoms with Crippen molar-refractivity contribution in [1.82, 2.24) is 0 Å². The lowest BCUT2D eigenvalue weighted by atomic mass is 10.1. The first-order chi connectivity index (χ1) is 5.29. The molecule has 0 saturated carbocycles. The molecule has 1 aliphatic heterocycles. The average Bonchev–Trinajstić information content (AvgIpc) is 2.30. The summed E-state index contributed by atoms with van der Waals surface area (Å²) in [5.41, 5.74) is 1.87. The Morgan fingerprint density at radius 2 is 2.09 bits per heavy atom. The van der Waals surface area contributed by atoms with Gasteiger partial charge in [-0.05, 0) is 6.07 Å². The van der Waals surface area contributed by atoms with E-state index in [4.69, 9.17) is 0 Å². The molecule has 1 aromatic carbocycles. The highest BCUT2D eigenvalue weighted by Gasteiger charge is 2.29. The van der Waals surface area contributed by atoms with Crippen molar-refractivity contribution in [2.75, 3.05) is 0 Å². The summed E-state index contributed by atoms with van der Waals surface area (Å²) in [7, 11) is 0. The third-order valence-corrected chi connectivity index (χ3v) is 1.90. The first-order valence-corrected chi connectivity index (χ1v) is 3.49. The second kappa shape index (κ2) is 2.02. The molecule has 0 N–H and O–H groups in total. The Morgan fingerprint density at radius 3 is 2.82 bits per heavy atom. The van der Waals surface area contributed by atoms with Crippen molar-refractivity contribution in [2.45, 2.75) is 6.54 Å². The van der Waals surface area contributed by atoms with E-state index in [-0.39, 0.29) is 5.91 Å². The van der Waals surface area contributed by atoms with Crippen molar-refractivity contribution in [3.8, 4) is 0 Å². The number of benzene rings is 1. The van der Waals surface area contributed by atoms with Crippen LogP contribution in [0.3, 0.4) is 0 Å². The molecule has 0 atom stereocenters. The van der Waals surface area contributed by atoms with Crippen LogP contribution in [0.15, 0.2) is 24.3 Å². The molecule has 0 radical (unpaired) electrons. The van der Waals surface area contributed by atoms with Gasteiger partial charge in [-0.15, -0.1) is 0 Å². The quantitative estimate of drug-likeness (QED) is 0.501. The maximum Gasteiger partial charge on any atom is 0.419 e. The Balaban J connectivity index is 2.64. The van der Waals surface area contributed by atoms with Gasteiger partial charge >= 0.3 is 5.91 Å². The van der Waals surface area contributed by atoms with E-state index in [2.05, 4.69) is 6.72 Å². The van der Waals surface area contributed by atoms with Crippen LogP contribution in [0.25, 0.3) is 0 Å². The van der Waals surface area contributed by atoms with Crippen molar-refractivity contribution < 1.29 is 9.37 Å². The number of nitrogens with zero attached hydrogens (tertiary/aromatic N) is 1. The van der Waals surface area contributed by atoms with Gasteiger partial charge < -0.3 is 0 Å². The maximum absolute atomic E-state index is 11.3. The number of amides is 1. The van der Waals surface area contributed by atoms with Crippen LogP contribution < -0.4 is 0 Å². The van der Waals surface area contributed by atoms with Crippen molar-refractivity contribution in [3.05, 3.63) is 35.4 Å². The highest BCUT2D eigenvalue weighted by atomic mass is 16.2. The van der Waals surface area contributed by atoms with Gasteiger partial charge in [-0.2, -0.15) is 4.58 Å². The summed E-state index contributed by atoms with van der Waals surface area (Å²) < 4.78 is 1.48. The fourth-order valence-electron chi connectivity index (χ4n) is 1.31. The largest absolute Gasteiger partial charge is 0.419 e. The van der Waals surface area contributed by atoms with E-state index in [0.717, 1.165) is 11.1 Å². The lowest BCUT2D eigenvalue weighted by Gasteiger charge is -1.85. The molecule has 2 nitrogen and oxygen atoms in total. The zero-order valence-corrected chi connectivity index (χ0v) is 6.08. The summed E-state index contributed by atoms with van der Waals surface area (Å²) in [6, 6.07) is 7.60. The lowest BCUT2D eigenvalue weighted by molar-refractivity contribution is -0.428. The third kappa shape index (κ3) is 0.792. The molecule has 1 aromatic rings. The average molecular weight is 146 g/mol. The molecule has 1 amide bonds. The predicted molar refractivity (Wildman–Crippen MR) is 41.9 cm³/mol. The van der Waals surface area contributed by atoms with Crippen LogP contribution in [0.4, 0.5) is 0 Å². The fraction of sp³-hybridized carbons (Fsp3) is 0.111. The van der Waals surface area contributed by atoms with Gasteiger partial charge in [0.05, 0.1) is 5.56 Å². The van der Waals surface area contributed by atoms with Crippen LogP contribution in [0, 0.1) is 0 Å². The maximum atomic E-state index is 11.3. The van der Waals surface area contributed by atoms with Crippen molar-refractivity contribution >= 4 is 12.6 Å². The molecule has 0 saturated heterocycles. The zero-order chi connectivity index (χ0) is 7.84. The van der Waals surface area contributed by atoms with E-state index in [0.29, 0.717) is 6.54 Å². The fourth-order valence-corrected chi connectivity index (χ4v) is 1.31. The summed E-state index contributed by atoms with van der Waals surface area (Å²) >= 11 is 0. The van der Waals surface area contributed by atoms with E-state index in [1.807, 2.05) is 24.3 Å². The SMILES string of the molecule is C=[N+]1Cc2ccccc2C1=O.